The number of nitrogen functional groups attached to an aromatic ring is 1. The predicted molar refractivity (Wildman–Crippen MR) is 84.1 cm³/mol. The summed E-state index contributed by atoms with van der Waals surface area (Å²) in [5.74, 6) is 0.337. The molecule has 1 aromatic rings. The second-order valence-electron chi connectivity index (χ2n) is 5.63. The molecule has 2 atom stereocenters. The predicted octanol–water partition coefficient (Wildman–Crippen LogP) is 2.58. The monoisotopic (exact) mass is 291 g/mol. The molecule has 1 aliphatic rings. The molecule has 1 fully saturated rings. The van der Waals surface area contributed by atoms with Crippen LogP contribution in [0.4, 0.5) is 5.69 Å². The van der Waals surface area contributed by atoms with Crippen molar-refractivity contribution in [3.63, 3.8) is 0 Å². The van der Waals surface area contributed by atoms with Crippen molar-refractivity contribution in [2.75, 3.05) is 12.3 Å². The zero-order valence-electron chi connectivity index (χ0n) is 13.1. The summed E-state index contributed by atoms with van der Waals surface area (Å²) in [5, 5.41) is 2.04. The summed E-state index contributed by atoms with van der Waals surface area (Å²) in [6, 6.07) is 5.96. The smallest absolute Gasteiger partial charge is 0.271 e. The van der Waals surface area contributed by atoms with Crippen LogP contribution in [0.25, 0.3) is 0 Å². The van der Waals surface area contributed by atoms with Gasteiger partial charge in [0.2, 0.25) is 0 Å². The molecule has 2 unspecified atom stereocenters. The lowest BCUT2D eigenvalue weighted by Gasteiger charge is -2.38. The standard InChI is InChI=1S/C16H25N3O2/c1-4-21-14-10-6-9-13(17)15(14)16(20)18-19-11(2)7-5-8-12(19)3/h6,9-12H,4-5,7-8,17H2,1-3H3,(H,18,20). The van der Waals surface area contributed by atoms with Crippen molar-refractivity contribution in [2.45, 2.75) is 52.1 Å². The van der Waals surface area contributed by atoms with E-state index in [1.54, 1.807) is 18.2 Å². The number of rotatable bonds is 4. The van der Waals surface area contributed by atoms with Gasteiger partial charge in [-0.1, -0.05) is 12.5 Å². The number of ether oxygens (including phenoxy) is 1. The maximum absolute atomic E-state index is 12.6. The van der Waals surface area contributed by atoms with E-state index < -0.39 is 0 Å². The van der Waals surface area contributed by atoms with Gasteiger partial charge in [-0.15, -0.1) is 0 Å². The average Bonchev–Trinajstić information content (AvgIpc) is 2.43. The number of carbonyl (C=O) groups is 1. The van der Waals surface area contributed by atoms with Crippen LogP contribution in [0, 0.1) is 0 Å². The second kappa shape index (κ2) is 6.80. The quantitative estimate of drug-likeness (QED) is 0.837. The fourth-order valence-electron chi connectivity index (χ4n) is 2.88. The van der Waals surface area contributed by atoms with Gasteiger partial charge < -0.3 is 10.5 Å². The van der Waals surface area contributed by atoms with Crippen LogP contribution < -0.4 is 15.9 Å². The number of piperidine rings is 1. The highest BCUT2D eigenvalue weighted by molar-refractivity contribution is 6.01. The summed E-state index contributed by atoms with van der Waals surface area (Å²) in [4.78, 5) is 12.6. The lowest BCUT2D eigenvalue weighted by atomic mass is 10.00. The molecule has 0 radical (unpaired) electrons. The topological polar surface area (TPSA) is 67.6 Å². The zero-order valence-corrected chi connectivity index (χ0v) is 13.1. The highest BCUT2D eigenvalue weighted by atomic mass is 16.5. The number of nitrogens with zero attached hydrogens (tertiary/aromatic N) is 1. The third-order valence-electron chi connectivity index (χ3n) is 4.01. The van der Waals surface area contributed by atoms with Crippen LogP contribution >= 0.6 is 0 Å². The van der Waals surface area contributed by atoms with Gasteiger partial charge in [-0.2, -0.15) is 0 Å². The molecule has 5 heteroatoms. The Labute approximate surface area is 126 Å². The Morgan fingerprint density at radius 2 is 2.05 bits per heavy atom. The van der Waals surface area contributed by atoms with Crippen LogP contribution in [0.2, 0.25) is 0 Å². The molecule has 0 spiro atoms. The Bertz CT molecular complexity index is 494. The molecular formula is C16H25N3O2. The van der Waals surface area contributed by atoms with Crippen LogP contribution in [0.3, 0.4) is 0 Å². The molecule has 116 valence electrons. The maximum Gasteiger partial charge on any atom is 0.271 e. The van der Waals surface area contributed by atoms with Gasteiger partial charge in [0.05, 0.1) is 6.61 Å². The van der Waals surface area contributed by atoms with E-state index in [2.05, 4.69) is 19.3 Å². The largest absolute Gasteiger partial charge is 0.493 e. The van der Waals surface area contributed by atoms with E-state index in [0.717, 1.165) is 12.8 Å². The molecule has 1 aliphatic heterocycles. The van der Waals surface area contributed by atoms with Crippen molar-refractivity contribution in [3.8, 4) is 5.75 Å². The van der Waals surface area contributed by atoms with E-state index in [9.17, 15) is 4.79 Å². The molecule has 0 aromatic heterocycles. The molecule has 1 saturated heterocycles. The summed E-state index contributed by atoms with van der Waals surface area (Å²) in [5.41, 5.74) is 9.84. The molecule has 0 bridgehead atoms. The van der Waals surface area contributed by atoms with Crippen molar-refractivity contribution in [1.82, 2.24) is 10.4 Å². The van der Waals surface area contributed by atoms with Crippen molar-refractivity contribution >= 4 is 11.6 Å². The zero-order chi connectivity index (χ0) is 15.4. The summed E-state index contributed by atoms with van der Waals surface area (Å²) < 4.78 is 5.52. The number of hydrogen-bond donors (Lipinski definition) is 2. The third kappa shape index (κ3) is 3.47. The second-order valence-corrected chi connectivity index (χ2v) is 5.63. The normalized spacial score (nSPS) is 22.8. The minimum absolute atomic E-state index is 0.197. The van der Waals surface area contributed by atoms with E-state index in [-0.39, 0.29) is 5.91 Å². The number of anilines is 1. The minimum atomic E-state index is -0.197. The number of benzene rings is 1. The Hall–Kier alpha value is -1.75. The van der Waals surface area contributed by atoms with Crippen LogP contribution in [0.5, 0.6) is 5.75 Å². The van der Waals surface area contributed by atoms with E-state index in [1.165, 1.54) is 6.42 Å². The molecule has 1 amide bonds. The van der Waals surface area contributed by atoms with Gasteiger partial charge in [-0.3, -0.25) is 10.2 Å². The molecule has 0 aliphatic carbocycles. The van der Waals surface area contributed by atoms with Gasteiger partial charge in [0.15, 0.2) is 0 Å². The molecule has 1 aromatic carbocycles. The summed E-state index contributed by atoms with van der Waals surface area (Å²) in [7, 11) is 0. The Balaban J connectivity index is 2.20. The van der Waals surface area contributed by atoms with Crippen molar-refractivity contribution in [2.24, 2.45) is 0 Å². The maximum atomic E-state index is 12.6. The molecule has 1 heterocycles. The number of hydrogen-bond acceptors (Lipinski definition) is 4. The van der Waals surface area contributed by atoms with E-state index in [1.807, 2.05) is 11.9 Å². The van der Waals surface area contributed by atoms with Gasteiger partial charge in [0.1, 0.15) is 11.3 Å². The number of nitrogens with two attached hydrogens (primary N) is 1. The van der Waals surface area contributed by atoms with Crippen LogP contribution in [-0.2, 0) is 0 Å². The highest BCUT2D eigenvalue weighted by Gasteiger charge is 2.27. The Morgan fingerprint density at radius 3 is 2.67 bits per heavy atom. The molecule has 21 heavy (non-hydrogen) atoms. The van der Waals surface area contributed by atoms with Crippen molar-refractivity contribution in [3.05, 3.63) is 23.8 Å². The van der Waals surface area contributed by atoms with Crippen LogP contribution in [0.15, 0.2) is 18.2 Å². The first kappa shape index (κ1) is 15.6. The number of carbonyl (C=O) groups excluding carboxylic acids is 1. The van der Waals surface area contributed by atoms with E-state index in [0.29, 0.717) is 35.7 Å². The van der Waals surface area contributed by atoms with Crippen molar-refractivity contribution in [1.29, 1.82) is 0 Å². The number of hydrazine groups is 1. The molecule has 2 rings (SSSR count). The molecule has 5 nitrogen and oxygen atoms in total. The fourth-order valence-corrected chi connectivity index (χ4v) is 2.88. The summed E-state index contributed by atoms with van der Waals surface area (Å²) in [6.07, 6.45) is 3.38. The van der Waals surface area contributed by atoms with E-state index >= 15 is 0 Å². The third-order valence-corrected chi connectivity index (χ3v) is 4.01. The number of nitrogens with one attached hydrogen (secondary N) is 1. The number of amides is 1. The Morgan fingerprint density at radius 1 is 1.38 bits per heavy atom. The van der Waals surface area contributed by atoms with Gasteiger partial charge in [0, 0.05) is 17.8 Å². The molecular weight excluding hydrogens is 266 g/mol. The minimum Gasteiger partial charge on any atom is -0.493 e. The lowest BCUT2D eigenvalue weighted by molar-refractivity contribution is 0.0368. The van der Waals surface area contributed by atoms with Gasteiger partial charge >= 0.3 is 0 Å². The molecule has 3 N–H and O–H groups in total. The van der Waals surface area contributed by atoms with Gasteiger partial charge in [0.25, 0.3) is 5.91 Å². The van der Waals surface area contributed by atoms with Crippen molar-refractivity contribution < 1.29 is 9.53 Å². The Kier molecular flexibility index (Phi) is 5.07. The van der Waals surface area contributed by atoms with Crippen LogP contribution in [-0.4, -0.2) is 29.6 Å². The van der Waals surface area contributed by atoms with E-state index in [4.69, 9.17) is 10.5 Å². The lowest BCUT2D eigenvalue weighted by Crippen LogP contribution is -2.54. The van der Waals surface area contributed by atoms with Gasteiger partial charge in [-0.05, 0) is 45.7 Å². The first-order chi connectivity index (χ1) is 10.0. The molecule has 0 saturated carbocycles. The first-order valence-corrected chi connectivity index (χ1v) is 7.65. The summed E-state index contributed by atoms with van der Waals surface area (Å²) >= 11 is 0. The fraction of sp³-hybridized carbons (Fsp3) is 0.562. The first-order valence-electron chi connectivity index (χ1n) is 7.65. The average molecular weight is 291 g/mol. The van der Waals surface area contributed by atoms with Gasteiger partial charge in [-0.25, -0.2) is 5.01 Å². The van der Waals surface area contributed by atoms with Crippen LogP contribution in [0.1, 0.15) is 50.4 Å². The SMILES string of the molecule is CCOc1cccc(N)c1C(=O)NN1C(C)CCCC1C. The summed E-state index contributed by atoms with van der Waals surface area (Å²) in [6.45, 7) is 6.65. The highest BCUT2D eigenvalue weighted by Crippen LogP contribution is 2.26.